The quantitative estimate of drug-likeness (QED) is 0.366. The normalized spacial score (nSPS) is 9.14. The second-order valence-electron chi connectivity index (χ2n) is 4.17. The molecule has 0 fully saturated rings. The maximum Gasteiger partial charge on any atom is 0.260 e. The fourth-order valence-corrected chi connectivity index (χ4v) is 1.88. The highest BCUT2D eigenvalue weighted by molar-refractivity contribution is 7.80. The molecule has 2 aromatic rings. The number of rotatable bonds is 2. The lowest BCUT2D eigenvalue weighted by Gasteiger charge is -2.17. The van der Waals surface area contributed by atoms with Gasteiger partial charge in [-0.1, -0.05) is 30.0 Å². The van der Waals surface area contributed by atoms with E-state index in [1.54, 1.807) is 36.4 Å². The zero-order chi connectivity index (χ0) is 15.1. The molecule has 0 radical (unpaired) electrons. The van der Waals surface area contributed by atoms with Crippen molar-refractivity contribution in [2.24, 2.45) is 0 Å². The summed E-state index contributed by atoms with van der Waals surface area (Å²) in [5, 5.41) is 8.00. The number of nitriles is 1. The smallest absolute Gasteiger partial charge is 0.260 e. The Kier molecular flexibility index (Phi) is 5.04. The van der Waals surface area contributed by atoms with Crippen molar-refractivity contribution in [3.8, 4) is 17.9 Å². The second kappa shape index (κ2) is 7.19. The number of thiocarbonyl (C=S) groups is 1. The maximum atomic E-state index is 13.4. The van der Waals surface area contributed by atoms with Crippen LogP contribution in [0.4, 0.5) is 10.1 Å². The highest BCUT2D eigenvalue weighted by Crippen LogP contribution is 2.14. The topological polar surface area (TPSA) is 27.0 Å². The van der Waals surface area contributed by atoms with E-state index in [1.165, 1.54) is 4.90 Å². The van der Waals surface area contributed by atoms with Gasteiger partial charge in [-0.3, -0.25) is 4.90 Å². The van der Waals surface area contributed by atoms with Gasteiger partial charge in [-0.05, 0) is 48.6 Å². The fraction of sp³-hybridized carbons (Fsp3) is 0.0588. The largest absolute Gasteiger partial charge is 0.297 e. The van der Waals surface area contributed by atoms with Crippen molar-refractivity contribution in [2.75, 3.05) is 11.4 Å². The van der Waals surface area contributed by atoms with Gasteiger partial charge in [-0.15, -0.1) is 0 Å². The number of para-hydroxylation sites is 1. The number of hydrogen-bond donors (Lipinski definition) is 0. The summed E-state index contributed by atoms with van der Waals surface area (Å²) in [6.45, 7) is 0.166. The van der Waals surface area contributed by atoms with Crippen molar-refractivity contribution in [2.45, 2.75) is 0 Å². The third kappa shape index (κ3) is 4.14. The number of hydrogen-bond acceptors (Lipinski definition) is 2. The van der Waals surface area contributed by atoms with Gasteiger partial charge in [0.05, 0.1) is 18.2 Å². The molecule has 0 saturated heterocycles. The molecule has 0 heterocycles. The van der Waals surface area contributed by atoms with Crippen LogP contribution in [0, 0.1) is 23.2 Å². The van der Waals surface area contributed by atoms with Crippen LogP contribution >= 0.6 is 12.2 Å². The van der Waals surface area contributed by atoms with Crippen LogP contribution in [-0.2, 0) is 0 Å². The minimum Gasteiger partial charge on any atom is -0.297 e. The summed E-state index contributed by atoms with van der Waals surface area (Å²) >= 11 is 4.62. The number of benzene rings is 2. The van der Waals surface area contributed by atoms with Gasteiger partial charge in [0.25, 0.3) is 5.24 Å². The van der Waals surface area contributed by atoms with Gasteiger partial charge in [0, 0.05) is 11.3 Å². The molecule has 0 aliphatic heterocycles. The first-order valence-corrected chi connectivity index (χ1v) is 6.62. The molecule has 21 heavy (non-hydrogen) atoms. The van der Waals surface area contributed by atoms with Crippen molar-refractivity contribution in [3.63, 3.8) is 0 Å². The summed E-state index contributed by atoms with van der Waals surface area (Å²) < 4.78 is 13.4. The van der Waals surface area contributed by atoms with Crippen LogP contribution < -0.4 is 4.90 Å². The van der Waals surface area contributed by atoms with Crippen LogP contribution in [0.15, 0.2) is 54.6 Å². The van der Waals surface area contributed by atoms with E-state index in [4.69, 9.17) is 5.26 Å². The monoisotopic (exact) mass is 294 g/mol. The third-order valence-electron chi connectivity index (χ3n) is 2.76. The minimum absolute atomic E-state index is 0.166. The zero-order valence-electron chi connectivity index (χ0n) is 11.1. The van der Waals surface area contributed by atoms with E-state index < -0.39 is 5.24 Å². The molecule has 0 saturated carbocycles. The summed E-state index contributed by atoms with van der Waals surface area (Å²) in [6.07, 6.45) is 0. The molecule has 0 spiro atoms. The Bertz CT molecular complexity index is 721. The Morgan fingerprint density at radius 3 is 2.24 bits per heavy atom. The van der Waals surface area contributed by atoms with Gasteiger partial charge in [0.1, 0.15) is 0 Å². The SMILES string of the molecule is N#Cc1ccc(C#CCN(C(F)=S)c2ccccc2)cc1. The van der Waals surface area contributed by atoms with E-state index in [0.717, 1.165) is 5.56 Å². The van der Waals surface area contributed by atoms with Crippen LogP contribution in [-0.4, -0.2) is 11.8 Å². The zero-order valence-corrected chi connectivity index (χ0v) is 11.9. The average Bonchev–Trinajstić information content (AvgIpc) is 2.52. The van der Waals surface area contributed by atoms with Crippen molar-refractivity contribution in [1.29, 1.82) is 5.26 Å². The fourth-order valence-electron chi connectivity index (χ4n) is 1.71. The molecule has 0 unspecified atom stereocenters. The maximum absolute atomic E-state index is 13.4. The van der Waals surface area contributed by atoms with Crippen LogP contribution in [0.25, 0.3) is 0 Å². The Hall–Kier alpha value is -2.69. The molecule has 0 amide bonds. The average molecular weight is 294 g/mol. The van der Waals surface area contributed by atoms with E-state index in [1.807, 2.05) is 24.3 Å². The molecular weight excluding hydrogens is 283 g/mol. The molecule has 2 aromatic carbocycles. The van der Waals surface area contributed by atoms with Crippen molar-refractivity contribution in [1.82, 2.24) is 0 Å². The Morgan fingerprint density at radius 2 is 1.67 bits per heavy atom. The highest BCUT2D eigenvalue weighted by Gasteiger charge is 2.08. The van der Waals surface area contributed by atoms with Gasteiger partial charge in [0.2, 0.25) is 0 Å². The molecule has 4 heteroatoms. The van der Waals surface area contributed by atoms with E-state index in [-0.39, 0.29) is 6.54 Å². The summed E-state index contributed by atoms with van der Waals surface area (Å²) in [7, 11) is 0. The van der Waals surface area contributed by atoms with Gasteiger partial charge < -0.3 is 0 Å². The van der Waals surface area contributed by atoms with Crippen molar-refractivity contribution in [3.05, 3.63) is 65.7 Å². The van der Waals surface area contributed by atoms with E-state index in [2.05, 4.69) is 24.1 Å². The van der Waals surface area contributed by atoms with Crippen LogP contribution in [0.3, 0.4) is 0 Å². The summed E-state index contributed by atoms with van der Waals surface area (Å²) in [6, 6.07) is 18.0. The predicted molar refractivity (Wildman–Crippen MR) is 85.5 cm³/mol. The lowest BCUT2D eigenvalue weighted by atomic mass is 10.1. The minimum atomic E-state index is -0.713. The standard InChI is InChI=1S/C17H11FN2S/c18-17(21)20(16-6-2-1-3-7-16)12-4-5-14-8-10-15(13-19)11-9-14/h1-3,6-11H,12H2. The number of halogens is 1. The molecule has 0 aliphatic rings. The van der Waals surface area contributed by atoms with E-state index in [9.17, 15) is 4.39 Å². The van der Waals surface area contributed by atoms with E-state index in [0.29, 0.717) is 11.3 Å². The van der Waals surface area contributed by atoms with Crippen molar-refractivity contribution >= 4 is 23.1 Å². The first-order valence-electron chi connectivity index (χ1n) is 6.22. The molecule has 0 aromatic heterocycles. The Morgan fingerprint density at radius 1 is 1.05 bits per heavy atom. The Labute approximate surface area is 128 Å². The molecular formula is C17H11FN2S. The molecule has 0 atom stereocenters. The Balaban J connectivity index is 2.11. The number of anilines is 1. The summed E-state index contributed by atoms with van der Waals surface area (Å²) in [5.74, 6) is 5.81. The van der Waals surface area contributed by atoms with Crippen molar-refractivity contribution < 1.29 is 4.39 Å². The molecule has 2 nitrogen and oxygen atoms in total. The summed E-state index contributed by atoms with van der Waals surface area (Å²) in [5.41, 5.74) is 2.02. The molecule has 0 bridgehead atoms. The number of nitrogens with zero attached hydrogens (tertiary/aromatic N) is 2. The van der Waals surface area contributed by atoms with Crippen LogP contribution in [0.1, 0.15) is 11.1 Å². The third-order valence-corrected chi connectivity index (χ3v) is 2.98. The lowest BCUT2D eigenvalue weighted by molar-refractivity contribution is 0.793. The first kappa shape index (κ1) is 14.7. The highest BCUT2D eigenvalue weighted by atomic mass is 32.1. The van der Waals surface area contributed by atoms with Gasteiger partial charge in [-0.2, -0.15) is 9.65 Å². The second-order valence-corrected chi connectivity index (χ2v) is 4.50. The van der Waals surface area contributed by atoms with Gasteiger partial charge >= 0.3 is 0 Å². The van der Waals surface area contributed by atoms with E-state index >= 15 is 0 Å². The molecule has 102 valence electrons. The molecule has 0 N–H and O–H groups in total. The van der Waals surface area contributed by atoms with Crippen LogP contribution in [0.2, 0.25) is 0 Å². The first-order chi connectivity index (χ1) is 10.2. The molecule has 2 rings (SSSR count). The summed E-state index contributed by atoms with van der Waals surface area (Å²) in [4.78, 5) is 1.33. The van der Waals surface area contributed by atoms with Gasteiger partial charge in [0.15, 0.2) is 0 Å². The predicted octanol–water partition coefficient (Wildman–Crippen LogP) is 3.67. The van der Waals surface area contributed by atoms with Crippen LogP contribution in [0.5, 0.6) is 0 Å². The van der Waals surface area contributed by atoms with Gasteiger partial charge in [-0.25, -0.2) is 0 Å². The lowest BCUT2D eigenvalue weighted by Crippen LogP contribution is -2.26. The molecule has 0 aliphatic carbocycles.